The van der Waals surface area contributed by atoms with E-state index in [1.807, 2.05) is 6.92 Å². The van der Waals surface area contributed by atoms with Gasteiger partial charge < -0.3 is 16.3 Å². The molecule has 94 valence electrons. The van der Waals surface area contributed by atoms with Crippen LogP contribution >= 0.6 is 15.9 Å². The first-order valence-electron chi connectivity index (χ1n) is 5.43. The molecule has 4 N–H and O–H groups in total. The van der Waals surface area contributed by atoms with Crippen molar-refractivity contribution in [2.24, 2.45) is 10.9 Å². The van der Waals surface area contributed by atoms with E-state index in [1.165, 1.54) is 11.1 Å². The number of nitrogens with two attached hydrogens (primary N) is 1. The van der Waals surface area contributed by atoms with E-state index >= 15 is 0 Å². The highest BCUT2D eigenvalue weighted by Crippen LogP contribution is 2.25. The van der Waals surface area contributed by atoms with Crippen LogP contribution in [0.2, 0.25) is 0 Å². The molecule has 0 fully saturated rings. The van der Waals surface area contributed by atoms with Crippen LogP contribution in [0.4, 0.5) is 5.69 Å². The second kappa shape index (κ2) is 5.91. The highest BCUT2D eigenvalue weighted by molar-refractivity contribution is 9.10. The van der Waals surface area contributed by atoms with Crippen LogP contribution in [0.3, 0.4) is 0 Å². The maximum absolute atomic E-state index is 8.52. The summed E-state index contributed by atoms with van der Waals surface area (Å²) in [5.74, 6) is 0.234. The zero-order valence-corrected chi connectivity index (χ0v) is 11.9. The number of nitrogens with one attached hydrogen (secondary N) is 1. The monoisotopic (exact) mass is 299 g/mol. The average molecular weight is 300 g/mol. The normalized spacial score (nSPS) is 13.5. The molecule has 0 radical (unpaired) electrons. The predicted molar refractivity (Wildman–Crippen MR) is 74.7 cm³/mol. The van der Waals surface area contributed by atoms with Crippen molar-refractivity contribution in [3.63, 3.8) is 0 Å². The lowest BCUT2D eigenvalue weighted by molar-refractivity contribution is 0.316. The lowest BCUT2D eigenvalue weighted by atomic mass is 10.1. The summed E-state index contributed by atoms with van der Waals surface area (Å²) in [4.78, 5) is 0. The van der Waals surface area contributed by atoms with Crippen LogP contribution < -0.4 is 11.1 Å². The van der Waals surface area contributed by atoms with Gasteiger partial charge in [0.15, 0.2) is 0 Å². The molecule has 0 aliphatic rings. The molecule has 1 aromatic rings. The number of amidine groups is 1. The summed E-state index contributed by atoms with van der Waals surface area (Å²) in [6.07, 6.45) is 0.505. The minimum absolute atomic E-state index is 0.115. The smallest absolute Gasteiger partial charge is 0.141 e. The second-order valence-corrected chi connectivity index (χ2v) is 5.17. The molecule has 5 heteroatoms. The number of halogens is 1. The first kappa shape index (κ1) is 13.8. The fourth-order valence-corrected chi connectivity index (χ4v) is 2.48. The number of benzene rings is 1. The molecule has 1 unspecified atom stereocenters. The van der Waals surface area contributed by atoms with Gasteiger partial charge in [-0.1, -0.05) is 21.1 Å². The molecule has 0 bridgehead atoms. The summed E-state index contributed by atoms with van der Waals surface area (Å²) in [5, 5.41) is 14.9. The molecule has 0 aromatic heterocycles. The molecule has 0 aliphatic carbocycles. The maximum Gasteiger partial charge on any atom is 0.141 e. The molecule has 17 heavy (non-hydrogen) atoms. The lowest BCUT2D eigenvalue weighted by Gasteiger charge is -2.18. The molecule has 0 aliphatic heterocycles. The number of aryl methyl sites for hydroxylation is 2. The fraction of sp³-hybridized carbons (Fsp3) is 0.417. The van der Waals surface area contributed by atoms with Crippen molar-refractivity contribution >= 4 is 27.5 Å². The first-order valence-corrected chi connectivity index (χ1v) is 6.23. The van der Waals surface area contributed by atoms with E-state index in [2.05, 4.69) is 52.4 Å². The van der Waals surface area contributed by atoms with Crippen LogP contribution in [-0.4, -0.2) is 17.1 Å². The van der Waals surface area contributed by atoms with Gasteiger partial charge in [-0.15, -0.1) is 0 Å². The van der Waals surface area contributed by atoms with E-state index in [-0.39, 0.29) is 11.9 Å². The van der Waals surface area contributed by atoms with Crippen LogP contribution in [0, 0.1) is 13.8 Å². The van der Waals surface area contributed by atoms with Crippen molar-refractivity contribution in [2.75, 3.05) is 5.32 Å². The van der Waals surface area contributed by atoms with E-state index in [0.29, 0.717) is 6.42 Å². The summed E-state index contributed by atoms with van der Waals surface area (Å²) < 4.78 is 1.07. The Labute approximate surface area is 110 Å². The summed E-state index contributed by atoms with van der Waals surface area (Å²) in [7, 11) is 0. The number of oxime groups is 1. The molecule has 0 saturated heterocycles. The number of anilines is 1. The van der Waals surface area contributed by atoms with Crippen molar-refractivity contribution in [2.45, 2.75) is 33.2 Å². The van der Waals surface area contributed by atoms with Gasteiger partial charge in [-0.2, -0.15) is 0 Å². The van der Waals surface area contributed by atoms with Gasteiger partial charge in [0.2, 0.25) is 0 Å². The van der Waals surface area contributed by atoms with Crippen molar-refractivity contribution in [1.82, 2.24) is 0 Å². The number of hydrogen-bond acceptors (Lipinski definition) is 3. The van der Waals surface area contributed by atoms with E-state index in [4.69, 9.17) is 10.9 Å². The Bertz CT molecular complexity index is 409. The predicted octanol–water partition coefficient (Wildman–Crippen LogP) is 3.00. The van der Waals surface area contributed by atoms with E-state index in [9.17, 15) is 0 Å². The molecule has 1 aromatic carbocycles. The standard InChI is InChI=1S/C12H18BrN3O/c1-7-4-10(13)5-8(2)12(7)15-9(3)6-11(14)16-17/h4-5,9,15,17H,6H2,1-3H3,(H2,14,16). The Morgan fingerprint density at radius 1 is 1.47 bits per heavy atom. The van der Waals surface area contributed by atoms with Crippen molar-refractivity contribution in [3.8, 4) is 0 Å². The van der Waals surface area contributed by atoms with E-state index < -0.39 is 0 Å². The Kier molecular flexibility index (Phi) is 4.81. The van der Waals surface area contributed by atoms with E-state index in [0.717, 1.165) is 10.2 Å². The third kappa shape index (κ3) is 3.93. The zero-order chi connectivity index (χ0) is 13.0. The Morgan fingerprint density at radius 3 is 2.47 bits per heavy atom. The summed E-state index contributed by atoms with van der Waals surface area (Å²) in [6, 6.07) is 4.24. The quantitative estimate of drug-likeness (QED) is 0.346. The topological polar surface area (TPSA) is 70.6 Å². The van der Waals surface area contributed by atoms with Crippen molar-refractivity contribution < 1.29 is 5.21 Å². The van der Waals surface area contributed by atoms with Gasteiger partial charge in [0, 0.05) is 22.6 Å². The Balaban J connectivity index is 2.81. The molecule has 0 heterocycles. The second-order valence-electron chi connectivity index (χ2n) is 4.26. The molecular weight excluding hydrogens is 282 g/mol. The molecular formula is C12H18BrN3O. The minimum atomic E-state index is 0.115. The Hall–Kier alpha value is -1.23. The van der Waals surface area contributed by atoms with Gasteiger partial charge in [0.05, 0.1) is 0 Å². The zero-order valence-electron chi connectivity index (χ0n) is 10.3. The number of nitrogens with zero attached hydrogens (tertiary/aromatic N) is 1. The molecule has 0 saturated carbocycles. The van der Waals surface area contributed by atoms with Crippen LogP contribution in [-0.2, 0) is 0 Å². The largest absolute Gasteiger partial charge is 0.409 e. The first-order chi connectivity index (χ1) is 7.93. The molecule has 1 atom stereocenters. The third-order valence-electron chi connectivity index (χ3n) is 2.53. The average Bonchev–Trinajstić information content (AvgIpc) is 2.23. The molecule has 4 nitrogen and oxygen atoms in total. The van der Waals surface area contributed by atoms with Gasteiger partial charge in [-0.3, -0.25) is 0 Å². The van der Waals surface area contributed by atoms with Gasteiger partial charge in [-0.05, 0) is 44.0 Å². The van der Waals surface area contributed by atoms with Crippen LogP contribution in [0.15, 0.2) is 21.8 Å². The highest BCUT2D eigenvalue weighted by Gasteiger charge is 2.09. The molecule has 1 rings (SSSR count). The number of rotatable bonds is 4. The third-order valence-corrected chi connectivity index (χ3v) is 2.99. The molecule has 0 spiro atoms. The minimum Gasteiger partial charge on any atom is -0.409 e. The SMILES string of the molecule is Cc1cc(Br)cc(C)c1NC(C)C/C(N)=N/O. The fourth-order valence-electron chi connectivity index (χ4n) is 1.79. The van der Waals surface area contributed by atoms with Crippen LogP contribution in [0.5, 0.6) is 0 Å². The van der Waals surface area contributed by atoms with Gasteiger partial charge in [0.25, 0.3) is 0 Å². The van der Waals surface area contributed by atoms with Gasteiger partial charge >= 0.3 is 0 Å². The van der Waals surface area contributed by atoms with E-state index in [1.54, 1.807) is 0 Å². The van der Waals surface area contributed by atoms with Crippen molar-refractivity contribution in [1.29, 1.82) is 0 Å². The highest BCUT2D eigenvalue weighted by atomic mass is 79.9. The summed E-state index contributed by atoms with van der Waals surface area (Å²) in [6.45, 7) is 6.10. The molecule has 0 amide bonds. The number of hydrogen-bond donors (Lipinski definition) is 3. The van der Waals surface area contributed by atoms with Crippen LogP contribution in [0.1, 0.15) is 24.5 Å². The van der Waals surface area contributed by atoms with Gasteiger partial charge in [-0.25, -0.2) is 0 Å². The Morgan fingerprint density at radius 2 is 2.00 bits per heavy atom. The van der Waals surface area contributed by atoms with Crippen LogP contribution in [0.25, 0.3) is 0 Å². The van der Waals surface area contributed by atoms with Gasteiger partial charge in [0.1, 0.15) is 5.84 Å². The van der Waals surface area contributed by atoms with Crippen molar-refractivity contribution in [3.05, 3.63) is 27.7 Å². The summed E-state index contributed by atoms with van der Waals surface area (Å²) >= 11 is 3.46. The summed E-state index contributed by atoms with van der Waals surface area (Å²) in [5.41, 5.74) is 8.92. The lowest BCUT2D eigenvalue weighted by Crippen LogP contribution is -2.25. The maximum atomic E-state index is 8.52.